The van der Waals surface area contributed by atoms with Crippen molar-refractivity contribution in [2.24, 2.45) is 5.73 Å². The van der Waals surface area contributed by atoms with E-state index in [9.17, 15) is 9.59 Å². The second-order valence-corrected chi connectivity index (χ2v) is 5.41. The molecule has 1 unspecified atom stereocenters. The molecule has 0 aromatic heterocycles. The molecular weight excluding hydrogens is 294 g/mol. The summed E-state index contributed by atoms with van der Waals surface area (Å²) in [6, 6.07) is 4.79. The first-order chi connectivity index (χ1) is 7.41. The maximum absolute atomic E-state index is 10.9. The minimum atomic E-state index is -1.02. The van der Waals surface area contributed by atoms with E-state index in [1.807, 2.05) is 0 Å². The van der Waals surface area contributed by atoms with Crippen LogP contribution in [0.5, 0.6) is 0 Å². The first-order valence-electron chi connectivity index (χ1n) is 4.40. The van der Waals surface area contributed by atoms with Crippen LogP contribution in [0, 0.1) is 0 Å². The number of nitrogens with two attached hydrogens (primary N) is 1. The lowest BCUT2D eigenvalue weighted by Gasteiger charge is -2.10. The predicted octanol–water partition coefficient (Wildman–Crippen LogP) is 2.11. The molecule has 0 saturated carbocycles. The van der Waals surface area contributed by atoms with Gasteiger partial charge in [-0.05, 0) is 25.1 Å². The summed E-state index contributed by atoms with van der Waals surface area (Å²) >= 11 is 4.39. The van der Waals surface area contributed by atoms with Gasteiger partial charge in [0.05, 0.1) is 10.8 Å². The van der Waals surface area contributed by atoms with Crippen molar-refractivity contribution in [2.75, 3.05) is 0 Å². The molecule has 1 aromatic carbocycles. The van der Waals surface area contributed by atoms with Crippen molar-refractivity contribution < 1.29 is 14.7 Å². The second-order valence-electron chi connectivity index (χ2n) is 3.11. The molecule has 0 heterocycles. The van der Waals surface area contributed by atoms with Crippen molar-refractivity contribution in [1.82, 2.24) is 0 Å². The van der Waals surface area contributed by atoms with E-state index in [2.05, 4.69) is 15.9 Å². The normalized spacial score (nSPS) is 12.1. The number of carbonyl (C=O) groups excluding carboxylic acids is 1. The summed E-state index contributed by atoms with van der Waals surface area (Å²) in [7, 11) is 0. The van der Waals surface area contributed by atoms with E-state index >= 15 is 0 Å². The van der Waals surface area contributed by atoms with E-state index in [1.165, 1.54) is 6.07 Å². The monoisotopic (exact) mass is 303 g/mol. The third-order valence-electron chi connectivity index (χ3n) is 1.88. The van der Waals surface area contributed by atoms with Crippen molar-refractivity contribution in [3.63, 3.8) is 0 Å². The summed E-state index contributed by atoms with van der Waals surface area (Å²) in [4.78, 5) is 22.4. The van der Waals surface area contributed by atoms with E-state index < -0.39 is 17.1 Å². The maximum atomic E-state index is 10.9. The number of hydrogen-bond acceptors (Lipinski definition) is 3. The molecule has 0 radical (unpaired) electrons. The smallest absolute Gasteiger partial charge is 0.336 e. The SMILES string of the molecule is CC(Sc1cc(Br)ccc1C(=O)O)C(N)=O. The Morgan fingerprint density at radius 3 is 2.62 bits per heavy atom. The van der Waals surface area contributed by atoms with Crippen LogP contribution in [-0.2, 0) is 4.79 Å². The summed E-state index contributed by atoms with van der Waals surface area (Å²) in [6.45, 7) is 1.64. The first kappa shape index (κ1) is 13.1. The molecular formula is C10H10BrNO3S. The van der Waals surface area contributed by atoms with E-state index in [1.54, 1.807) is 19.1 Å². The molecule has 6 heteroatoms. The van der Waals surface area contributed by atoms with Crippen LogP contribution in [-0.4, -0.2) is 22.2 Å². The van der Waals surface area contributed by atoms with Gasteiger partial charge >= 0.3 is 5.97 Å². The number of carboxylic acids is 1. The van der Waals surface area contributed by atoms with Gasteiger partial charge in [-0.25, -0.2) is 4.79 Å². The quantitative estimate of drug-likeness (QED) is 0.835. The third-order valence-corrected chi connectivity index (χ3v) is 3.55. The zero-order chi connectivity index (χ0) is 12.3. The van der Waals surface area contributed by atoms with Crippen molar-refractivity contribution in [3.05, 3.63) is 28.2 Å². The van der Waals surface area contributed by atoms with Gasteiger partial charge in [0.1, 0.15) is 0 Å². The van der Waals surface area contributed by atoms with Crippen LogP contribution in [0.4, 0.5) is 0 Å². The number of amides is 1. The van der Waals surface area contributed by atoms with E-state index in [-0.39, 0.29) is 5.56 Å². The molecule has 0 aliphatic heterocycles. The van der Waals surface area contributed by atoms with Crippen LogP contribution < -0.4 is 5.73 Å². The van der Waals surface area contributed by atoms with Gasteiger partial charge in [0.2, 0.25) is 5.91 Å². The van der Waals surface area contributed by atoms with E-state index in [0.717, 1.165) is 16.2 Å². The fourth-order valence-electron chi connectivity index (χ4n) is 1.02. The van der Waals surface area contributed by atoms with Crippen molar-refractivity contribution in [3.8, 4) is 0 Å². The van der Waals surface area contributed by atoms with Crippen LogP contribution >= 0.6 is 27.7 Å². The average molecular weight is 304 g/mol. The summed E-state index contributed by atoms with van der Waals surface area (Å²) < 4.78 is 0.761. The Morgan fingerprint density at radius 1 is 1.50 bits per heavy atom. The van der Waals surface area contributed by atoms with Gasteiger partial charge in [-0.2, -0.15) is 0 Å². The van der Waals surface area contributed by atoms with Crippen LogP contribution in [0.15, 0.2) is 27.6 Å². The molecule has 0 fully saturated rings. The fraction of sp³-hybridized carbons (Fsp3) is 0.200. The number of halogens is 1. The van der Waals surface area contributed by atoms with Gasteiger partial charge in [0.15, 0.2) is 0 Å². The Labute approximate surface area is 105 Å². The molecule has 1 aromatic rings. The lowest BCUT2D eigenvalue weighted by atomic mass is 10.2. The summed E-state index contributed by atoms with van der Waals surface area (Å²) in [6.07, 6.45) is 0. The number of aromatic carboxylic acids is 1. The number of thioether (sulfide) groups is 1. The van der Waals surface area contributed by atoms with Gasteiger partial charge in [0, 0.05) is 9.37 Å². The molecule has 1 rings (SSSR count). The van der Waals surface area contributed by atoms with Gasteiger partial charge in [-0.15, -0.1) is 11.8 Å². The molecule has 86 valence electrons. The molecule has 1 atom stereocenters. The topological polar surface area (TPSA) is 80.4 Å². The van der Waals surface area contributed by atoms with E-state index in [0.29, 0.717) is 4.90 Å². The molecule has 0 bridgehead atoms. The Bertz CT molecular complexity index is 436. The second kappa shape index (κ2) is 5.36. The molecule has 3 N–H and O–H groups in total. The zero-order valence-corrected chi connectivity index (χ0v) is 10.8. The highest BCUT2D eigenvalue weighted by molar-refractivity contribution is 9.10. The standard InChI is InChI=1S/C10H10BrNO3S/c1-5(9(12)13)16-8-4-6(11)2-3-7(8)10(14)15/h2-5H,1H3,(H2,12,13)(H,14,15). The highest BCUT2D eigenvalue weighted by Crippen LogP contribution is 2.29. The number of primary amides is 1. The summed E-state index contributed by atoms with van der Waals surface area (Å²) in [5, 5.41) is 8.50. The van der Waals surface area contributed by atoms with Gasteiger partial charge in [-0.3, -0.25) is 4.79 Å². The largest absolute Gasteiger partial charge is 0.478 e. The van der Waals surface area contributed by atoms with Crippen LogP contribution in [0.2, 0.25) is 0 Å². The minimum absolute atomic E-state index is 0.168. The zero-order valence-electron chi connectivity index (χ0n) is 8.44. The van der Waals surface area contributed by atoms with Gasteiger partial charge < -0.3 is 10.8 Å². The average Bonchev–Trinajstić information content (AvgIpc) is 2.16. The number of carboxylic acid groups (broad SMARTS) is 1. The maximum Gasteiger partial charge on any atom is 0.336 e. The third kappa shape index (κ3) is 3.24. The highest BCUT2D eigenvalue weighted by Gasteiger charge is 2.16. The molecule has 0 spiro atoms. The first-order valence-corrected chi connectivity index (χ1v) is 6.08. The van der Waals surface area contributed by atoms with Crippen LogP contribution in [0.3, 0.4) is 0 Å². The minimum Gasteiger partial charge on any atom is -0.478 e. The summed E-state index contributed by atoms with van der Waals surface area (Å²) in [5.74, 6) is -1.49. The van der Waals surface area contributed by atoms with E-state index in [4.69, 9.17) is 10.8 Å². The lowest BCUT2D eigenvalue weighted by molar-refractivity contribution is -0.117. The molecule has 0 aliphatic rings. The van der Waals surface area contributed by atoms with Crippen molar-refractivity contribution >= 4 is 39.6 Å². The Hall–Kier alpha value is -1.01. The van der Waals surface area contributed by atoms with Crippen LogP contribution in [0.25, 0.3) is 0 Å². The van der Waals surface area contributed by atoms with Crippen LogP contribution in [0.1, 0.15) is 17.3 Å². The Balaban J connectivity index is 3.05. The number of rotatable bonds is 4. The van der Waals surface area contributed by atoms with Gasteiger partial charge in [0.25, 0.3) is 0 Å². The Kier molecular flexibility index (Phi) is 4.37. The molecule has 1 amide bonds. The predicted molar refractivity (Wildman–Crippen MR) is 65.6 cm³/mol. The molecule has 0 saturated heterocycles. The number of benzene rings is 1. The molecule has 0 aliphatic carbocycles. The fourth-order valence-corrected chi connectivity index (χ4v) is 2.51. The highest BCUT2D eigenvalue weighted by atomic mass is 79.9. The number of carbonyl (C=O) groups is 2. The molecule has 4 nitrogen and oxygen atoms in total. The van der Waals surface area contributed by atoms with Crippen molar-refractivity contribution in [2.45, 2.75) is 17.1 Å². The Morgan fingerprint density at radius 2 is 2.12 bits per heavy atom. The number of hydrogen-bond donors (Lipinski definition) is 2. The summed E-state index contributed by atoms with van der Waals surface area (Å²) in [5.41, 5.74) is 5.30. The van der Waals surface area contributed by atoms with Gasteiger partial charge in [-0.1, -0.05) is 15.9 Å². The molecule has 16 heavy (non-hydrogen) atoms. The lowest BCUT2D eigenvalue weighted by Crippen LogP contribution is -2.22. The van der Waals surface area contributed by atoms with Crippen molar-refractivity contribution in [1.29, 1.82) is 0 Å².